The van der Waals surface area contributed by atoms with Crippen molar-refractivity contribution in [2.24, 2.45) is 0 Å². The molecule has 1 aliphatic rings. The molecular formula is C28H26N2. The molecule has 0 saturated carbocycles. The molecule has 2 unspecified atom stereocenters. The Morgan fingerprint density at radius 1 is 0.533 bits per heavy atom. The van der Waals surface area contributed by atoms with Gasteiger partial charge in [0.1, 0.15) is 0 Å². The van der Waals surface area contributed by atoms with Crippen LogP contribution in [0.5, 0.6) is 0 Å². The van der Waals surface area contributed by atoms with E-state index in [1.807, 2.05) is 24.8 Å². The normalized spacial score (nSPS) is 22.3. The van der Waals surface area contributed by atoms with E-state index in [4.69, 9.17) is 0 Å². The molecule has 148 valence electrons. The smallest absolute Gasteiger partial charge is 0.0316 e. The number of nitrogens with zero attached hydrogens (tertiary/aromatic N) is 2. The second kappa shape index (κ2) is 6.63. The largest absolute Gasteiger partial charge is 0.265 e. The van der Waals surface area contributed by atoms with E-state index in [9.17, 15) is 0 Å². The van der Waals surface area contributed by atoms with Crippen molar-refractivity contribution in [3.63, 3.8) is 0 Å². The summed E-state index contributed by atoms with van der Waals surface area (Å²) < 4.78 is 0. The van der Waals surface area contributed by atoms with Crippen LogP contribution >= 0.6 is 0 Å². The minimum Gasteiger partial charge on any atom is -0.265 e. The molecule has 1 aliphatic carbocycles. The van der Waals surface area contributed by atoms with Crippen molar-refractivity contribution in [1.29, 1.82) is 0 Å². The number of rotatable bonds is 2. The predicted molar refractivity (Wildman–Crippen MR) is 123 cm³/mol. The Kier molecular flexibility index (Phi) is 4.14. The van der Waals surface area contributed by atoms with E-state index < -0.39 is 0 Å². The molecule has 2 aromatic carbocycles. The van der Waals surface area contributed by atoms with Crippen molar-refractivity contribution in [3.8, 4) is 11.1 Å². The lowest BCUT2D eigenvalue weighted by Crippen LogP contribution is -2.49. The van der Waals surface area contributed by atoms with Crippen molar-refractivity contribution in [3.05, 3.63) is 119 Å². The van der Waals surface area contributed by atoms with Gasteiger partial charge in [0, 0.05) is 35.6 Å². The molecule has 30 heavy (non-hydrogen) atoms. The fourth-order valence-corrected chi connectivity index (χ4v) is 5.41. The SMILES string of the molecule is Cc1ccc2c(c1)C(C)(c1ccncc1)C(C)(c1ccncc1)c1cc(C)ccc1-2. The van der Waals surface area contributed by atoms with E-state index in [-0.39, 0.29) is 10.8 Å². The highest BCUT2D eigenvalue weighted by Gasteiger charge is 2.53. The standard InChI is InChI=1S/C28H26N2/c1-19-5-7-23-24-8-6-20(2)18-26(24)28(4,22-11-15-30-16-12-22)27(3,25(23)17-19)21-9-13-29-14-10-21/h5-18H,1-4H3. The number of aromatic nitrogens is 2. The van der Waals surface area contributed by atoms with Crippen LogP contribution in [0.15, 0.2) is 85.5 Å². The highest BCUT2D eigenvalue weighted by molar-refractivity contribution is 5.81. The number of benzene rings is 2. The first kappa shape index (κ1) is 18.7. The summed E-state index contributed by atoms with van der Waals surface area (Å²) in [5, 5.41) is 0. The fraction of sp³-hybridized carbons (Fsp3) is 0.214. The lowest BCUT2D eigenvalue weighted by Gasteiger charge is -2.53. The van der Waals surface area contributed by atoms with Crippen LogP contribution in [0, 0.1) is 13.8 Å². The van der Waals surface area contributed by atoms with Crippen molar-refractivity contribution in [2.75, 3.05) is 0 Å². The molecule has 2 nitrogen and oxygen atoms in total. The van der Waals surface area contributed by atoms with Crippen molar-refractivity contribution in [2.45, 2.75) is 38.5 Å². The van der Waals surface area contributed by atoms with E-state index in [1.54, 1.807) is 0 Å². The zero-order chi connectivity index (χ0) is 20.9. The molecule has 0 saturated heterocycles. The van der Waals surface area contributed by atoms with Crippen LogP contribution < -0.4 is 0 Å². The molecular weight excluding hydrogens is 364 g/mol. The van der Waals surface area contributed by atoms with Crippen LogP contribution in [0.2, 0.25) is 0 Å². The van der Waals surface area contributed by atoms with Gasteiger partial charge >= 0.3 is 0 Å². The summed E-state index contributed by atoms with van der Waals surface area (Å²) >= 11 is 0. The number of pyridine rings is 2. The highest BCUT2D eigenvalue weighted by Crippen LogP contribution is 2.59. The maximum atomic E-state index is 4.31. The Bertz CT molecular complexity index is 1130. The van der Waals surface area contributed by atoms with Crippen molar-refractivity contribution >= 4 is 0 Å². The van der Waals surface area contributed by atoms with E-state index >= 15 is 0 Å². The third kappa shape index (κ3) is 2.43. The summed E-state index contributed by atoms with van der Waals surface area (Å²) in [6.45, 7) is 9.15. The minimum atomic E-state index is -0.278. The first-order valence-electron chi connectivity index (χ1n) is 10.5. The third-order valence-electron chi connectivity index (χ3n) is 7.23. The molecule has 5 rings (SSSR count). The molecule has 2 heteroatoms. The number of hydrogen-bond donors (Lipinski definition) is 0. The van der Waals surface area contributed by atoms with Gasteiger partial charge in [0.2, 0.25) is 0 Å². The lowest BCUT2D eigenvalue weighted by molar-refractivity contribution is 0.355. The molecule has 0 aliphatic heterocycles. The molecule has 2 heterocycles. The average molecular weight is 391 g/mol. The van der Waals surface area contributed by atoms with Crippen LogP contribution in [0.25, 0.3) is 11.1 Å². The van der Waals surface area contributed by atoms with Crippen LogP contribution in [0.4, 0.5) is 0 Å². The van der Waals surface area contributed by atoms with Gasteiger partial charge in [-0.15, -0.1) is 0 Å². The topological polar surface area (TPSA) is 25.8 Å². The molecule has 0 N–H and O–H groups in total. The Morgan fingerprint density at radius 2 is 0.900 bits per heavy atom. The van der Waals surface area contributed by atoms with E-state index in [0.717, 1.165) is 0 Å². The van der Waals surface area contributed by atoms with Gasteiger partial charge < -0.3 is 0 Å². The molecule has 2 atom stereocenters. The van der Waals surface area contributed by atoms with Crippen LogP contribution in [-0.2, 0) is 10.8 Å². The van der Waals surface area contributed by atoms with Gasteiger partial charge in [-0.3, -0.25) is 9.97 Å². The molecule has 0 amide bonds. The molecule has 0 bridgehead atoms. The Morgan fingerprint density at radius 3 is 1.27 bits per heavy atom. The Labute approximate surface area is 178 Å². The zero-order valence-corrected chi connectivity index (χ0v) is 18.0. The molecule has 0 spiro atoms. The first-order chi connectivity index (χ1) is 14.5. The van der Waals surface area contributed by atoms with Crippen LogP contribution in [0.1, 0.15) is 47.2 Å². The zero-order valence-electron chi connectivity index (χ0n) is 18.0. The quantitative estimate of drug-likeness (QED) is 0.396. The second-order valence-electron chi connectivity index (χ2n) is 8.82. The number of hydrogen-bond acceptors (Lipinski definition) is 2. The molecule has 4 aromatic rings. The van der Waals surface area contributed by atoms with Crippen LogP contribution in [-0.4, -0.2) is 9.97 Å². The minimum absolute atomic E-state index is 0.278. The second-order valence-corrected chi connectivity index (χ2v) is 8.82. The summed E-state index contributed by atoms with van der Waals surface area (Å²) in [6.07, 6.45) is 7.65. The predicted octanol–water partition coefficient (Wildman–Crippen LogP) is 6.39. The Balaban J connectivity index is 1.98. The third-order valence-corrected chi connectivity index (χ3v) is 7.23. The van der Waals surface area contributed by atoms with Crippen LogP contribution in [0.3, 0.4) is 0 Å². The van der Waals surface area contributed by atoms with E-state index in [0.29, 0.717) is 0 Å². The Hall–Kier alpha value is -3.26. The van der Waals surface area contributed by atoms with Gasteiger partial charge in [-0.05, 0) is 71.5 Å². The monoisotopic (exact) mass is 390 g/mol. The summed E-state index contributed by atoms with van der Waals surface area (Å²) in [5.74, 6) is 0. The van der Waals surface area contributed by atoms with Gasteiger partial charge in [-0.25, -0.2) is 0 Å². The molecule has 0 radical (unpaired) electrons. The van der Waals surface area contributed by atoms with Gasteiger partial charge in [0.15, 0.2) is 0 Å². The van der Waals surface area contributed by atoms with Gasteiger partial charge in [-0.1, -0.05) is 61.4 Å². The van der Waals surface area contributed by atoms with E-state index in [2.05, 4.69) is 98.3 Å². The summed E-state index contributed by atoms with van der Waals surface area (Å²) in [6, 6.07) is 22.5. The van der Waals surface area contributed by atoms with Gasteiger partial charge in [0.05, 0.1) is 0 Å². The summed E-state index contributed by atoms with van der Waals surface area (Å²) in [7, 11) is 0. The lowest BCUT2D eigenvalue weighted by atomic mass is 9.49. The maximum Gasteiger partial charge on any atom is 0.0316 e. The number of fused-ring (bicyclic) bond motifs is 3. The van der Waals surface area contributed by atoms with Crippen molar-refractivity contribution < 1.29 is 0 Å². The van der Waals surface area contributed by atoms with Gasteiger partial charge in [0.25, 0.3) is 0 Å². The summed E-state index contributed by atoms with van der Waals surface area (Å²) in [4.78, 5) is 8.63. The maximum absolute atomic E-state index is 4.31. The first-order valence-corrected chi connectivity index (χ1v) is 10.5. The summed E-state index contributed by atoms with van der Waals surface area (Å²) in [5.41, 5.74) is 9.92. The molecule has 0 fully saturated rings. The average Bonchev–Trinajstić information content (AvgIpc) is 2.78. The highest BCUT2D eigenvalue weighted by atomic mass is 14.6. The fourth-order valence-electron chi connectivity index (χ4n) is 5.41. The number of aryl methyl sites for hydroxylation is 2. The van der Waals surface area contributed by atoms with Gasteiger partial charge in [-0.2, -0.15) is 0 Å². The van der Waals surface area contributed by atoms with Crippen molar-refractivity contribution in [1.82, 2.24) is 9.97 Å². The molecule has 2 aromatic heterocycles. The van der Waals surface area contributed by atoms with E-state index in [1.165, 1.54) is 44.5 Å².